The van der Waals surface area contributed by atoms with E-state index in [9.17, 15) is 5.41 Å². The predicted molar refractivity (Wildman–Crippen MR) is 116 cm³/mol. The fourth-order valence-electron chi connectivity index (χ4n) is 4.12. The van der Waals surface area contributed by atoms with Gasteiger partial charge in [-0.05, 0) is 38.3 Å². The van der Waals surface area contributed by atoms with E-state index in [2.05, 4.69) is 47.3 Å². The first-order valence-corrected chi connectivity index (χ1v) is 10.3. The number of ether oxygens (including phenoxy) is 1. The third-order valence-electron chi connectivity index (χ3n) is 5.79. The van der Waals surface area contributed by atoms with Gasteiger partial charge in [0.25, 0.3) is 0 Å². The third-order valence-corrected chi connectivity index (χ3v) is 5.79. The Balaban J connectivity index is 1.79. The highest BCUT2D eigenvalue weighted by Crippen LogP contribution is 2.32. The minimum atomic E-state index is 0.403. The molecule has 0 atom stereocenters. The largest absolute Gasteiger partial charge is 0.761 e. The van der Waals surface area contributed by atoms with Crippen molar-refractivity contribution in [3.05, 3.63) is 40.3 Å². The highest BCUT2D eigenvalue weighted by Gasteiger charge is 2.25. The van der Waals surface area contributed by atoms with E-state index < -0.39 is 0 Å². The summed E-state index contributed by atoms with van der Waals surface area (Å²) >= 11 is 0. The van der Waals surface area contributed by atoms with E-state index in [4.69, 9.17) is 14.7 Å². The third kappa shape index (κ3) is 3.41. The van der Waals surface area contributed by atoms with Crippen LogP contribution in [0, 0.1) is 13.8 Å². The van der Waals surface area contributed by atoms with E-state index in [0.717, 1.165) is 65.5 Å². The summed E-state index contributed by atoms with van der Waals surface area (Å²) in [4.78, 5) is 16.6. The first-order chi connectivity index (χ1) is 14.1. The van der Waals surface area contributed by atoms with Crippen molar-refractivity contribution < 1.29 is 4.74 Å². The first-order valence-electron chi connectivity index (χ1n) is 10.3. The Hall–Kier alpha value is -2.76. The van der Waals surface area contributed by atoms with Crippen LogP contribution >= 0.6 is 0 Å². The van der Waals surface area contributed by atoms with Crippen LogP contribution in [0.4, 0.5) is 0 Å². The molecule has 0 radical (unpaired) electrons. The molecule has 0 spiro atoms. The smallest absolute Gasteiger partial charge is 0.159 e. The standard InChI is InChI=1S/C22H27N6O/c1-5-16(6-2)28-13-14(3)20-22(28)24-15(4)21(26-20)17-11-19(25-18(17)12-23)27-7-9-29-10-8-27/h11,13,16H,5-10H2,1-4H3/q-1. The Bertz CT molecular complexity index is 1050. The summed E-state index contributed by atoms with van der Waals surface area (Å²) in [6, 6.07) is 0.411. The summed E-state index contributed by atoms with van der Waals surface area (Å²) in [5.74, 6) is 3.06. The van der Waals surface area contributed by atoms with Crippen molar-refractivity contribution in [3.8, 4) is 0 Å². The van der Waals surface area contributed by atoms with Crippen LogP contribution in [-0.2, 0) is 4.74 Å². The van der Waals surface area contributed by atoms with Crippen LogP contribution < -0.4 is 0 Å². The van der Waals surface area contributed by atoms with E-state index in [1.54, 1.807) is 0 Å². The molecule has 0 bridgehead atoms. The molecule has 152 valence electrons. The zero-order valence-corrected chi connectivity index (χ0v) is 17.6. The molecule has 0 N–H and O–H groups in total. The first kappa shape index (κ1) is 19.6. The van der Waals surface area contributed by atoms with E-state index in [1.165, 1.54) is 0 Å². The molecule has 0 aromatic carbocycles. The molecule has 7 heteroatoms. The Morgan fingerprint density at radius 2 is 1.90 bits per heavy atom. The van der Waals surface area contributed by atoms with Gasteiger partial charge in [-0.2, -0.15) is 0 Å². The van der Waals surface area contributed by atoms with E-state index in [1.807, 2.05) is 13.0 Å². The molecule has 0 amide bonds. The van der Waals surface area contributed by atoms with E-state index in [-0.39, 0.29) is 0 Å². The molecular formula is C22H27N6O-. The lowest BCUT2D eigenvalue weighted by Crippen LogP contribution is -2.39. The second kappa shape index (κ2) is 7.93. The maximum Gasteiger partial charge on any atom is 0.159 e. The van der Waals surface area contributed by atoms with E-state index in [0.29, 0.717) is 25.0 Å². The van der Waals surface area contributed by atoms with Crippen LogP contribution in [-0.4, -0.2) is 57.4 Å². The monoisotopic (exact) mass is 391 g/mol. The molecule has 4 rings (SSSR count). The van der Waals surface area contributed by atoms with Crippen molar-refractivity contribution in [2.45, 2.75) is 46.6 Å². The fourth-order valence-corrected chi connectivity index (χ4v) is 4.12. The summed E-state index contributed by atoms with van der Waals surface area (Å²) in [6.45, 7) is 11.4. The Morgan fingerprint density at radius 1 is 1.17 bits per heavy atom. The van der Waals surface area contributed by atoms with Crippen molar-refractivity contribution in [1.29, 1.82) is 0 Å². The number of hydrogen-bond donors (Lipinski definition) is 0. The second-order valence-electron chi connectivity index (χ2n) is 7.61. The topological polar surface area (TPSA) is 77.8 Å². The Labute approximate surface area is 171 Å². The summed E-state index contributed by atoms with van der Waals surface area (Å²) < 4.78 is 7.68. The summed E-state index contributed by atoms with van der Waals surface area (Å²) in [5.41, 5.74) is 5.65. The summed E-state index contributed by atoms with van der Waals surface area (Å²) in [5, 5.41) is 9.68. The molecule has 0 aliphatic carbocycles. The van der Waals surface area contributed by atoms with Crippen LogP contribution in [0.2, 0.25) is 0 Å². The molecule has 4 heterocycles. The number of morpholine rings is 1. The van der Waals surface area contributed by atoms with Gasteiger partial charge in [0.1, 0.15) is 11.4 Å². The van der Waals surface area contributed by atoms with Gasteiger partial charge >= 0.3 is 0 Å². The molecule has 1 fully saturated rings. The van der Waals surface area contributed by atoms with Crippen molar-refractivity contribution in [2.75, 3.05) is 26.3 Å². The van der Waals surface area contributed by atoms with Crippen LogP contribution in [0.25, 0.3) is 22.1 Å². The summed E-state index contributed by atoms with van der Waals surface area (Å²) in [6.07, 6.45) is 6.23. The van der Waals surface area contributed by atoms with Gasteiger partial charge in [-0.15, -0.1) is 0 Å². The van der Waals surface area contributed by atoms with Crippen LogP contribution in [0.1, 0.15) is 49.7 Å². The average molecular weight is 391 g/mol. The minimum absolute atomic E-state index is 0.403. The lowest BCUT2D eigenvalue weighted by atomic mass is 10.1. The van der Waals surface area contributed by atoms with E-state index >= 15 is 0 Å². The van der Waals surface area contributed by atoms with Gasteiger partial charge in [0, 0.05) is 30.9 Å². The molecule has 0 unspecified atom stereocenters. The maximum atomic E-state index is 9.68. The molecular weight excluding hydrogens is 364 g/mol. The molecule has 29 heavy (non-hydrogen) atoms. The zero-order valence-electron chi connectivity index (χ0n) is 17.6. The van der Waals surface area contributed by atoms with Gasteiger partial charge in [0.15, 0.2) is 5.65 Å². The number of nitrogens with zero attached hydrogens (tertiary/aromatic N) is 6. The number of amidine groups is 1. The highest BCUT2D eigenvalue weighted by atomic mass is 16.5. The number of aryl methyl sites for hydroxylation is 2. The summed E-state index contributed by atoms with van der Waals surface area (Å²) in [7, 11) is 0. The SMILES string of the molecule is CCC(CC)n1cc(C)c2nc(C3=CC(N4CCOCC4)=NC3=C=[N-])c(C)nc21. The number of hydrogen-bond acceptors (Lipinski definition) is 5. The molecule has 2 aromatic rings. The molecule has 7 nitrogen and oxygen atoms in total. The van der Waals surface area contributed by atoms with Gasteiger partial charge in [-0.3, -0.25) is 0 Å². The number of aromatic nitrogens is 3. The Morgan fingerprint density at radius 3 is 2.55 bits per heavy atom. The highest BCUT2D eigenvalue weighted by molar-refractivity contribution is 6.11. The fraction of sp³-hybridized carbons (Fsp3) is 0.500. The van der Waals surface area contributed by atoms with Gasteiger partial charge in [0.05, 0.1) is 30.3 Å². The zero-order chi connectivity index (χ0) is 20.5. The van der Waals surface area contributed by atoms with Crippen molar-refractivity contribution in [2.24, 2.45) is 4.99 Å². The van der Waals surface area contributed by atoms with Crippen LogP contribution in [0.15, 0.2) is 23.0 Å². The number of aliphatic imine (C=N–C) groups is 1. The van der Waals surface area contributed by atoms with Crippen molar-refractivity contribution in [3.63, 3.8) is 0 Å². The minimum Gasteiger partial charge on any atom is -0.761 e. The molecule has 0 saturated carbocycles. The Kier molecular flexibility index (Phi) is 5.35. The normalized spacial score (nSPS) is 17.1. The van der Waals surface area contributed by atoms with Gasteiger partial charge in [0.2, 0.25) is 0 Å². The lowest BCUT2D eigenvalue weighted by molar-refractivity contribution is 0.0685. The lowest BCUT2D eigenvalue weighted by Gasteiger charge is -2.27. The molecule has 2 aliphatic heterocycles. The average Bonchev–Trinajstić information content (AvgIpc) is 3.31. The van der Waals surface area contributed by atoms with Crippen LogP contribution in [0.5, 0.6) is 0 Å². The quantitative estimate of drug-likeness (QED) is 0.745. The number of rotatable bonds is 4. The van der Waals surface area contributed by atoms with Crippen molar-refractivity contribution in [1.82, 2.24) is 19.4 Å². The molecule has 1 saturated heterocycles. The van der Waals surface area contributed by atoms with Gasteiger partial charge in [-0.25, -0.2) is 20.8 Å². The molecule has 2 aromatic heterocycles. The molecule has 2 aliphatic rings. The maximum absolute atomic E-state index is 9.68. The second-order valence-corrected chi connectivity index (χ2v) is 7.61. The van der Waals surface area contributed by atoms with Crippen molar-refractivity contribution >= 4 is 28.4 Å². The van der Waals surface area contributed by atoms with Crippen LogP contribution in [0.3, 0.4) is 0 Å². The number of allylic oxidation sites excluding steroid dienone is 1. The number of fused-ring (bicyclic) bond motifs is 1. The van der Waals surface area contributed by atoms with Gasteiger partial charge in [-0.1, -0.05) is 13.8 Å². The predicted octanol–water partition coefficient (Wildman–Crippen LogP) is 3.66. The van der Waals surface area contributed by atoms with Gasteiger partial charge < -0.3 is 19.6 Å².